The quantitative estimate of drug-likeness (QED) is 0.689. The van der Waals surface area contributed by atoms with Gasteiger partial charge in [0.15, 0.2) is 16.4 Å². The molecule has 0 radical (unpaired) electrons. The second-order valence-corrected chi connectivity index (χ2v) is 9.61. The smallest absolute Gasteiger partial charge is 0.261 e. The molecule has 8 heteroatoms. The van der Waals surface area contributed by atoms with Gasteiger partial charge >= 0.3 is 0 Å². The minimum Gasteiger partial charge on any atom is -0.484 e. The van der Waals surface area contributed by atoms with Crippen LogP contribution in [0.15, 0.2) is 48.5 Å². The molecule has 1 amide bonds. The summed E-state index contributed by atoms with van der Waals surface area (Å²) in [6, 6.07) is 12.8. The summed E-state index contributed by atoms with van der Waals surface area (Å²) >= 11 is 0. The first-order valence-corrected chi connectivity index (χ1v) is 11.2. The predicted molar refractivity (Wildman–Crippen MR) is 110 cm³/mol. The summed E-state index contributed by atoms with van der Waals surface area (Å²) in [4.78, 5) is 16.4. The molecule has 29 heavy (non-hydrogen) atoms. The summed E-state index contributed by atoms with van der Waals surface area (Å²) < 4.78 is 42.4. The Hall–Kier alpha value is -2.61. The van der Waals surface area contributed by atoms with Crippen LogP contribution in [0, 0.1) is 5.82 Å². The molecule has 0 bridgehead atoms. The Morgan fingerprint density at radius 2 is 1.76 bits per heavy atom. The van der Waals surface area contributed by atoms with Crippen molar-refractivity contribution in [3.05, 3.63) is 59.9 Å². The van der Waals surface area contributed by atoms with Crippen LogP contribution in [-0.4, -0.2) is 57.5 Å². The van der Waals surface area contributed by atoms with Crippen LogP contribution in [0.4, 0.5) is 10.1 Å². The van der Waals surface area contributed by atoms with Gasteiger partial charge in [-0.3, -0.25) is 4.79 Å². The Bertz CT molecular complexity index is 944. The van der Waals surface area contributed by atoms with Gasteiger partial charge in [0, 0.05) is 32.4 Å². The molecule has 0 spiro atoms. The molecule has 3 rings (SSSR count). The minimum atomic E-state index is -3.14. The van der Waals surface area contributed by atoms with E-state index in [0.29, 0.717) is 18.7 Å². The second kappa shape index (κ2) is 8.82. The van der Waals surface area contributed by atoms with E-state index >= 15 is 0 Å². The van der Waals surface area contributed by atoms with Gasteiger partial charge in [-0.1, -0.05) is 12.1 Å². The van der Waals surface area contributed by atoms with E-state index in [9.17, 15) is 17.6 Å². The van der Waals surface area contributed by atoms with Crippen molar-refractivity contribution in [1.29, 1.82) is 0 Å². The van der Waals surface area contributed by atoms with Gasteiger partial charge in [-0.05, 0) is 48.4 Å². The van der Waals surface area contributed by atoms with Crippen molar-refractivity contribution in [2.75, 3.05) is 37.1 Å². The fourth-order valence-corrected chi connectivity index (χ4v) is 5.03. The lowest BCUT2D eigenvalue weighted by molar-refractivity contribution is -0.136. The van der Waals surface area contributed by atoms with E-state index in [1.807, 2.05) is 43.3 Å². The van der Waals surface area contributed by atoms with Crippen LogP contribution in [0.25, 0.3) is 0 Å². The zero-order valence-electron chi connectivity index (χ0n) is 16.5. The minimum absolute atomic E-state index is 0.0366. The Labute approximate surface area is 170 Å². The Kier molecular flexibility index (Phi) is 6.42. The highest BCUT2D eigenvalue weighted by atomic mass is 32.2. The zero-order valence-corrected chi connectivity index (χ0v) is 17.4. The molecule has 1 aliphatic heterocycles. The number of anilines is 1. The number of hydrogen-bond acceptors (Lipinski definition) is 5. The molecule has 0 aliphatic carbocycles. The summed E-state index contributed by atoms with van der Waals surface area (Å²) in [5, 5.41) is 0. The van der Waals surface area contributed by atoms with Crippen molar-refractivity contribution in [3.8, 4) is 5.75 Å². The number of rotatable bonds is 7. The van der Waals surface area contributed by atoms with E-state index in [1.165, 1.54) is 24.3 Å². The monoisotopic (exact) mass is 420 g/mol. The van der Waals surface area contributed by atoms with E-state index in [1.54, 1.807) is 4.90 Å². The van der Waals surface area contributed by atoms with Gasteiger partial charge in [-0.2, -0.15) is 0 Å². The van der Waals surface area contributed by atoms with Crippen molar-refractivity contribution in [2.24, 2.45) is 0 Å². The number of carbonyl (C=O) groups is 1. The summed E-state index contributed by atoms with van der Waals surface area (Å²) in [6.07, 6.45) is 0.417. The highest BCUT2D eigenvalue weighted by molar-refractivity contribution is 7.91. The van der Waals surface area contributed by atoms with Crippen molar-refractivity contribution in [1.82, 2.24) is 4.90 Å². The molecule has 1 atom stereocenters. The van der Waals surface area contributed by atoms with Gasteiger partial charge in [0.1, 0.15) is 11.6 Å². The van der Waals surface area contributed by atoms with Crippen LogP contribution >= 0.6 is 0 Å². The van der Waals surface area contributed by atoms with Crippen LogP contribution in [0.3, 0.4) is 0 Å². The summed E-state index contributed by atoms with van der Waals surface area (Å²) in [6.45, 7) is 0.0669. The lowest BCUT2D eigenvalue weighted by atomic mass is 10.1. The molecule has 156 valence electrons. The Morgan fingerprint density at radius 1 is 1.10 bits per heavy atom. The molecule has 0 saturated carbocycles. The summed E-state index contributed by atoms with van der Waals surface area (Å²) in [7, 11) is 0.752. The number of ether oxygens (including phenoxy) is 1. The first-order valence-electron chi connectivity index (χ1n) is 9.38. The molecule has 0 aromatic heterocycles. The fraction of sp³-hybridized carbons (Fsp3) is 0.381. The van der Waals surface area contributed by atoms with E-state index in [0.717, 1.165) is 11.3 Å². The van der Waals surface area contributed by atoms with Crippen LogP contribution in [0.2, 0.25) is 0 Å². The van der Waals surface area contributed by atoms with E-state index in [4.69, 9.17) is 4.74 Å². The average Bonchev–Trinajstić information content (AvgIpc) is 3.05. The first-order chi connectivity index (χ1) is 13.7. The van der Waals surface area contributed by atoms with E-state index in [2.05, 4.69) is 0 Å². The molecule has 0 N–H and O–H groups in total. The first kappa shape index (κ1) is 21.1. The molecular formula is C21H25FN2O4S. The Balaban J connectivity index is 1.73. The number of nitrogens with zero attached hydrogens (tertiary/aromatic N) is 2. The molecule has 2 aromatic carbocycles. The van der Waals surface area contributed by atoms with Crippen LogP contribution in [-0.2, 0) is 21.2 Å². The molecule has 6 nitrogen and oxygen atoms in total. The van der Waals surface area contributed by atoms with Crippen molar-refractivity contribution in [3.63, 3.8) is 0 Å². The van der Waals surface area contributed by atoms with Crippen LogP contribution in [0.5, 0.6) is 5.75 Å². The second-order valence-electron chi connectivity index (χ2n) is 7.38. The predicted octanol–water partition coefficient (Wildman–Crippen LogP) is 2.49. The number of hydrogen-bond donors (Lipinski definition) is 0. The lowest BCUT2D eigenvalue weighted by Crippen LogP contribution is -2.43. The van der Waals surface area contributed by atoms with Gasteiger partial charge in [-0.25, -0.2) is 12.8 Å². The third-order valence-corrected chi connectivity index (χ3v) is 6.70. The van der Waals surface area contributed by atoms with Gasteiger partial charge in [0.05, 0.1) is 11.5 Å². The number of halogens is 1. The maximum Gasteiger partial charge on any atom is 0.261 e. The number of carbonyl (C=O) groups excluding carboxylic acids is 1. The molecule has 1 heterocycles. The molecule has 1 saturated heterocycles. The highest BCUT2D eigenvalue weighted by Gasteiger charge is 2.34. The summed E-state index contributed by atoms with van der Waals surface area (Å²) in [5.41, 5.74) is 1.95. The normalized spacial score (nSPS) is 17.7. The molecule has 1 aliphatic rings. The SMILES string of the molecule is CN(C)c1ccc(CN(C(=O)COc2ccc(F)cc2)[C@@H]2CCS(=O)(=O)C2)cc1. The van der Waals surface area contributed by atoms with Crippen LogP contribution in [0.1, 0.15) is 12.0 Å². The van der Waals surface area contributed by atoms with E-state index in [-0.39, 0.29) is 35.9 Å². The van der Waals surface area contributed by atoms with Crippen molar-refractivity contribution >= 4 is 21.4 Å². The third-order valence-electron chi connectivity index (χ3n) is 4.95. The molecule has 0 unspecified atom stereocenters. The maximum atomic E-state index is 13.0. The van der Waals surface area contributed by atoms with Crippen LogP contribution < -0.4 is 9.64 Å². The van der Waals surface area contributed by atoms with Gasteiger partial charge in [0.25, 0.3) is 5.91 Å². The Morgan fingerprint density at radius 3 is 2.31 bits per heavy atom. The van der Waals surface area contributed by atoms with Gasteiger partial charge in [-0.15, -0.1) is 0 Å². The highest BCUT2D eigenvalue weighted by Crippen LogP contribution is 2.22. The fourth-order valence-electron chi connectivity index (χ4n) is 3.30. The third kappa shape index (κ3) is 5.69. The molecule has 1 fully saturated rings. The summed E-state index contributed by atoms with van der Waals surface area (Å²) in [5.74, 6) is -0.255. The van der Waals surface area contributed by atoms with E-state index < -0.39 is 9.84 Å². The van der Waals surface area contributed by atoms with Crippen molar-refractivity contribution < 1.29 is 22.3 Å². The topological polar surface area (TPSA) is 66.9 Å². The van der Waals surface area contributed by atoms with Crippen molar-refractivity contribution in [2.45, 2.75) is 19.0 Å². The van der Waals surface area contributed by atoms with Gasteiger partial charge in [0.2, 0.25) is 0 Å². The standard InChI is InChI=1S/C21H25FN2O4S/c1-23(2)18-7-3-16(4-8-18)13-24(19-11-12-29(26,27)15-19)21(25)14-28-20-9-5-17(22)6-10-20/h3-10,19H,11-15H2,1-2H3/t19-/m1/s1. The molecular weight excluding hydrogens is 395 g/mol. The molecule has 2 aromatic rings. The zero-order chi connectivity index (χ0) is 21.0. The number of benzene rings is 2. The largest absolute Gasteiger partial charge is 0.484 e. The average molecular weight is 421 g/mol. The number of amides is 1. The maximum absolute atomic E-state index is 13.0. The lowest BCUT2D eigenvalue weighted by Gasteiger charge is -2.28. The number of sulfone groups is 1. The van der Waals surface area contributed by atoms with Gasteiger partial charge < -0.3 is 14.5 Å².